The molecule has 0 aliphatic rings. The molecule has 0 aliphatic carbocycles. The van der Waals surface area contributed by atoms with Crippen LogP contribution in [0.5, 0.6) is 0 Å². The van der Waals surface area contributed by atoms with Crippen LogP contribution in [0.4, 0.5) is 0 Å². The first-order chi connectivity index (χ1) is 14.2. The van der Waals surface area contributed by atoms with E-state index in [0.29, 0.717) is 0 Å². The van der Waals surface area contributed by atoms with E-state index in [1.165, 1.54) is 43.4 Å². The fourth-order valence-electron chi connectivity index (χ4n) is 3.66. The van der Waals surface area contributed by atoms with Gasteiger partial charge in [0.15, 0.2) is 0 Å². The van der Waals surface area contributed by atoms with Crippen LogP contribution in [0.15, 0.2) is 115 Å². The van der Waals surface area contributed by atoms with Crippen molar-refractivity contribution >= 4 is 32.3 Å². The van der Waals surface area contributed by atoms with Crippen molar-refractivity contribution < 1.29 is 26.2 Å². The van der Waals surface area contributed by atoms with Crippen LogP contribution in [0.2, 0.25) is 0 Å². The summed E-state index contributed by atoms with van der Waals surface area (Å²) in [5, 5.41) is 8.08. The zero-order valence-corrected chi connectivity index (χ0v) is 19.9. The summed E-state index contributed by atoms with van der Waals surface area (Å²) < 4.78 is 0. The molecular formula is C29H25Zr. The third kappa shape index (κ3) is 5.10. The second kappa shape index (κ2) is 10.4. The Morgan fingerprint density at radius 3 is 1.50 bits per heavy atom. The van der Waals surface area contributed by atoms with Gasteiger partial charge in [-0.2, -0.15) is 40.6 Å². The Morgan fingerprint density at radius 2 is 1.00 bits per heavy atom. The molecule has 0 spiro atoms. The van der Waals surface area contributed by atoms with Crippen molar-refractivity contribution in [3.8, 4) is 0 Å². The molecular weight excluding hydrogens is 440 g/mol. The number of fused-ring (bicyclic) bond motifs is 3. The fraction of sp³-hybridized carbons (Fsp3) is 0.0690. The van der Waals surface area contributed by atoms with Gasteiger partial charge in [-0.1, -0.05) is 32.0 Å². The van der Waals surface area contributed by atoms with Crippen molar-refractivity contribution in [3.63, 3.8) is 0 Å². The molecule has 30 heavy (non-hydrogen) atoms. The van der Waals surface area contributed by atoms with Gasteiger partial charge in [0.1, 0.15) is 0 Å². The first kappa shape index (κ1) is 22.1. The third-order valence-electron chi connectivity index (χ3n) is 5.42. The molecule has 1 heteroatoms. The van der Waals surface area contributed by atoms with Gasteiger partial charge in [0, 0.05) is 0 Å². The Kier molecular flexibility index (Phi) is 7.66. The van der Waals surface area contributed by atoms with Gasteiger partial charge in [0.2, 0.25) is 0 Å². The second-order valence-electron chi connectivity index (χ2n) is 7.35. The number of hydrogen-bond acceptors (Lipinski definition) is 0. The van der Waals surface area contributed by atoms with Crippen LogP contribution in [-0.4, -0.2) is 0 Å². The molecule has 0 bridgehead atoms. The molecule has 0 aliphatic heterocycles. The molecule has 6 aromatic carbocycles. The van der Waals surface area contributed by atoms with Gasteiger partial charge in [-0.3, -0.25) is 0 Å². The molecule has 0 atom stereocenters. The van der Waals surface area contributed by atoms with Crippen molar-refractivity contribution in [1.82, 2.24) is 0 Å². The minimum absolute atomic E-state index is 0. The Balaban J connectivity index is 0.000000127. The molecule has 6 rings (SSSR count). The Labute approximate surface area is 198 Å². The van der Waals surface area contributed by atoms with Gasteiger partial charge in [0.25, 0.3) is 0 Å². The van der Waals surface area contributed by atoms with Crippen LogP contribution in [0.25, 0.3) is 32.3 Å². The summed E-state index contributed by atoms with van der Waals surface area (Å²) in [5.41, 5.74) is 2.81. The van der Waals surface area contributed by atoms with E-state index in [9.17, 15) is 0 Å². The smallest absolute Gasteiger partial charge is 0.168 e. The number of hydrogen-bond donors (Lipinski definition) is 0. The molecule has 1 radical (unpaired) electrons. The SMILES string of the molecule is Cc1[cH-]c2ccccc2c1C.[Zr+3].c1ccc2[cH-]ccc2c1.c1ccc2[cH-]ccc2c1. The molecule has 0 aromatic heterocycles. The summed E-state index contributed by atoms with van der Waals surface area (Å²) in [7, 11) is 0. The normalized spacial score (nSPS) is 10.1. The van der Waals surface area contributed by atoms with Crippen LogP contribution < -0.4 is 0 Å². The summed E-state index contributed by atoms with van der Waals surface area (Å²) in [4.78, 5) is 0. The summed E-state index contributed by atoms with van der Waals surface area (Å²) in [6.07, 6.45) is 0. The number of rotatable bonds is 0. The van der Waals surface area contributed by atoms with E-state index in [1.54, 1.807) is 0 Å². The third-order valence-corrected chi connectivity index (χ3v) is 5.42. The summed E-state index contributed by atoms with van der Waals surface area (Å²) >= 11 is 0. The standard InChI is InChI=1S/C11H11.2C9H7.Zr/c1-8-7-10-5-3-4-6-11(10)9(8)2;2*1-2-5-9-7-3-6-8(9)4-1;/h3-7H,1-2H3;2*1-7H;/q3*-1;+3. The van der Waals surface area contributed by atoms with Crippen LogP contribution in [0, 0.1) is 13.8 Å². The van der Waals surface area contributed by atoms with Crippen LogP contribution in [0.1, 0.15) is 11.1 Å². The van der Waals surface area contributed by atoms with Crippen molar-refractivity contribution in [2.45, 2.75) is 13.8 Å². The minimum atomic E-state index is 0. The second-order valence-corrected chi connectivity index (χ2v) is 7.35. The van der Waals surface area contributed by atoms with Crippen molar-refractivity contribution in [2.75, 3.05) is 0 Å². The van der Waals surface area contributed by atoms with E-state index in [0.717, 1.165) is 0 Å². The molecule has 0 amide bonds. The van der Waals surface area contributed by atoms with E-state index in [-0.39, 0.29) is 26.2 Å². The van der Waals surface area contributed by atoms with Crippen molar-refractivity contribution in [3.05, 3.63) is 126 Å². The van der Waals surface area contributed by atoms with E-state index in [2.05, 4.69) is 129 Å². The van der Waals surface area contributed by atoms with Gasteiger partial charge in [-0.25, -0.2) is 0 Å². The quantitative estimate of drug-likeness (QED) is 0.198. The average molecular weight is 465 g/mol. The maximum absolute atomic E-state index is 2.24. The molecule has 0 N–H and O–H groups in total. The van der Waals surface area contributed by atoms with Crippen LogP contribution in [-0.2, 0) is 26.2 Å². The Hall–Kier alpha value is -2.63. The first-order valence-electron chi connectivity index (χ1n) is 10.0. The minimum Gasteiger partial charge on any atom is -0.168 e. The van der Waals surface area contributed by atoms with Gasteiger partial charge in [-0.15, -0.1) is 99.9 Å². The molecule has 0 unspecified atom stereocenters. The number of aryl methyl sites for hydroxylation is 2. The van der Waals surface area contributed by atoms with E-state index in [4.69, 9.17) is 0 Å². The zero-order chi connectivity index (χ0) is 20.1. The Bertz CT molecular complexity index is 1200. The van der Waals surface area contributed by atoms with Gasteiger partial charge < -0.3 is 0 Å². The largest absolute Gasteiger partial charge is 3.00 e. The van der Waals surface area contributed by atoms with Crippen LogP contribution in [0.3, 0.4) is 0 Å². The fourth-order valence-corrected chi connectivity index (χ4v) is 3.66. The van der Waals surface area contributed by atoms with Crippen molar-refractivity contribution in [2.24, 2.45) is 0 Å². The van der Waals surface area contributed by atoms with E-state index in [1.807, 2.05) is 0 Å². The maximum Gasteiger partial charge on any atom is 3.00 e. The summed E-state index contributed by atoms with van der Waals surface area (Å²) in [6.45, 7) is 4.34. The maximum atomic E-state index is 2.24. The molecule has 0 saturated carbocycles. The van der Waals surface area contributed by atoms with Gasteiger partial charge in [0.05, 0.1) is 0 Å². The van der Waals surface area contributed by atoms with Gasteiger partial charge in [-0.05, 0) is 0 Å². The molecule has 6 aromatic rings. The Morgan fingerprint density at radius 1 is 0.533 bits per heavy atom. The average Bonchev–Trinajstić information content (AvgIpc) is 3.49. The van der Waals surface area contributed by atoms with Crippen molar-refractivity contribution in [1.29, 1.82) is 0 Å². The molecule has 0 heterocycles. The molecule has 145 valence electrons. The van der Waals surface area contributed by atoms with Crippen LogP contribution >= 0.6 is 0 Å². The van der Waals surface area contributed by atoms with E-state index >= 15 is 0 Å². The first-order valence-corrected chi connectivity index (χ1v) is 10.0. The molecule has 0 fully saturated rings. The monoisotopic (exact) mass is 463 g/mol. The van der Waals surface area contributed by atoms with E-state index < -0.39 is 0 Å². The molecule has 0 saturated heterocycles. The summed E-state index contributed by atoms with van der Waals surface area (Å²) in [5.74, 6) is 0. The summed E-state index contributed by atoms with van der Waals surface area (Å²) in [6, 6.07) is 40.1. The molecule has 0 nitrogen and oxygen atoms in total. The topological polar surface area (TPSA) is 0 Å². The predicted molar refractivity (Wildman–Crippen MR) is 128 cm³/mol. The predicted octanol–water partition coefficient (Wildman–Crippen LogP) is 8.29. The zero-order valence-electron chi connectivity index (χ0n) is 17.5. The van der Waals surface area contributed by atoms with Gasteiger partial charge >= 0.3 is 26.2 Å². The number of benzene rings is 3.